The SMILES string of the molecule is CN(C(=O)CCN1CCCS1(=O)=O)c1ccccc1Oc1ccccc1. The van der Waals surface area contributed by atoms with E-state index in [1.54, 1.807) is 13.1 Å². The summed E-state index contributed by atoms with van der Waals surface area (Å²) in [4.78, 5) is 14.1. The fourth-order valence-corrected chi connectivity index (χ4v) is 4.43. The third-order valence-electron chi connectivity index (χ3n) is 4.35. The molecule has 138 valence electrons. The number of sulfonamides is 1. The highest BCUT2D eigenvalue weighted by Gasteiger charge is 2.28. The normalized spacial score (nSPS) is 16.3. The topological polar surface area (TPSA) is 66.9 Å². The maximum atomic E-state index is 12.6. The first kappa shape index (κ1) is 18.4. The number of rotatable bonds is 6. The molecule has 1 aliphatic rings. The van der Waals surface area contributed by atoms with Crippen molar-refractivity contribution in [1.82, 2.24) is 4.31 Å². The third-order valence-corrected chi connectivity index (χ3v) is 6.31. The number of benzene rings is 2. The highest BCUT2D eigenvalue weighted by molar-refractivity contribution is 7.89. The number of carbonyl (C=O) groups excluding carboxylic acids is 1. The van der Waals surface area contributed by atoms with E-state index in [-0.39, 0.29) is 24.6 Å². The van der Waals surface area contributed by atoms with Gasteiger partial charge in [-0.1, -0.05) is 30.3 Å². The second kappa shape index (κ2) is 7.88. The van der Waals surface area contributed by atoms with Gasteiger partial charge in [0.05, 0.1) is 11.4 Å². The lowest BCUT2D eigenvalue weighted by Gasteiger charge is -2.22. The first-order valence-electron chi connectivity index (χ1n) is 8.54. The van der Waals surface area contributed by atoms with Crippen LogP contribution in [0.5, 0.6) is 11.5 Å². The summed E-state index contributed by atoms with van der Waals surface area (Å²) < 4.78 is 31.0. The Morgan fingerprint density at radius 2 is 1.81 bits per heavy atom. The second-order valence-electron chi connectivity index (χ2n) is 6.15. The maximum absolute atomic E-state index is 12.6. The van der Waals surface area contributed by atoms with Crippen molar-refractivity contribution in [1.29, 1.82) is 0 Å². The van der Waals surface area contributed by atoms with Gasteiger partial charge in [0, 0.05) is 26.6 Å². The quantitative estimate of drug-likeness (QED) is 0.780. The van der Waals surface area contributed by atoms with Crippen LogP contribution in [-0.2, 0) is 14.8 Å². The second-order valence-corrected chi connectivity index (χ2v) is 8.24. The summed E-state index contributed by atoms with van der Waals surface area (Å²) in [7, 11) is -1.51. The van der Waals surface area contributed by atoms with Gasteiger partial charge in [-0.25, -0.2) is 12.7 Å². The summed E-state index contributed by atoms with van der Waals surface area (Å²) in [6.07, 6.45) is 0.759. The summed E-state index contributed by atoms with van der Waals surface area (Å²) in [6, 6.07) is 16.6. The highest BCUT2D eigenvalue weighted by Crippen LogP contribution is 2.31. The van der Waals surface area contributed by atoms with E-state index >= 15 is 0 Å². The Bertz CT molecular complexity index is 868. The summed E-state index contributed by atoms with van der Waals surface area (Å²) in [5.74, 6) is 1.27. The first-order chi connectivity index (χ1) is 12.5. The standard InChI is InChI=1S/C19H22N2O4S/c1-20(19(22)12-14-21-13-7-15-26(21,23)24)17-10-5-6-11-18(17)25-16-8-3-2-4-9-16/h2-6,8-11H,7,12-15H2,1H3. The molecule has 26 heavy (non-hydrogen) atoms. The molecule has 6 nitrogen and oxygen atoms in total. The van der Waals surface area contributed by atoms with Crippen LogP contribution >= 0.6 is 0 Å². The predicted octanol–water partition coefficient (Wildman–Crippen LogP) is 2.87. The van der Waals surface area contributed by atoms with Crippen molar-refractivity contribution in [3.8, 4) is 11.5 Å². The zero-order valence-corrected chi connectivity index (χ0v) is 15.5. The molecule has 1 saturated heterocycles. The van der Waals surface area contributed by atoms with Gasteiger partial charge in [0.25, 0.3) is 0 Å². The van der Waals surface area contributed by atoms with Gasteiger partial charge in [0.15, 0.2) is 5.75 Å². The number of amides is 1. The lowest BCUT2D eigenvalue weighted by atomic mass is 10.2. The Balaban J connectivity index is 1.69. The van der Waals surface area contributed by atoms with E-state index in [0.717, 1.165) is 0 Å². The molecule has 1 aliphatic heterocycles. The van der Waals surface area contributed by atoms with Gasteiger partial charge < -0.3 is 9.64 Å². The van der Waals surface area contributed by atoms with Crippen LogP contribution < -0.4 is 9.64 Å². The van der Waals surface area contributed by atoms with Crippen molar-refractivity contribution in [2.24, 2.45) is 0 Å². The fraction of sp³-hybridized carbons (Fsp3) is 0.316. The van der Waals surface area contributed by atoms with Crippen LogP contribution in [0.15, 0.2) is 54.6 Å². The first-order valence-corrected chi connectivity index (χ1v) is 10.1. The maximum Gasteiger partial charge on any atom is 0.228 e. The molecule has 1 fully saturated rings. The smallest absolute Gasteiger partial charge is 0.228 e. The van der Waals surface area contributed by atoms with Crippen LogP contribution in [0.25, 0.3) is 0 Å². The molecule has 0 aliphatic carbocycles. The number of nitrogens with zero attached hydrogens (tertiary/aromatic N) is 2. The van der Waals surface area contributed by atoms with Crippen molar-refractivity contribution in [3.63, 3.8) is 0 Å². The number of carbonyl (C=O) groups is 1. The molecule has 0 unspecified atom stereocenters. The Morgan fingerprint density at radius 3 is 2.50 bits per heavy atom. The van der Waals surface area contributed by atoms with Crippen molar-refractivity contribution >= 4 is 21.6 Å². The summed E-state index contributed by atoms with van der Waals surface area (Å²) in [5, 5.41) is 0. The third kappa shape index (κ3) is 4.23. The zero-order valence-electron chi connectivity index (χ0n) is 14.7. The molecule has 0 atom stereocenters. The molecule has 1 amide bonds. The van der Waals surface area contributed by atoms with Gasteiger partial charge in [-0.3, -0.25) is 4.79 Å². The van der Waals surface area contributed by atoms with E-state index in [2.05, 4.69) is 0 Å². The lowest BCUT2D eigenvalue weighted by molar-refractivity contribution is -0.118. The molecule has 0 aromatic heterocycles. The Kier molecular flexibility index (Phi) is 5.58. The number of hydrogen-bond acceptors (Lipinski definition) is 4. The van der Waals surface area contributed by atoms with Gasteiger partial charge in [-0.2, -0.15) is 0 Å². The fourth-order valence-electron chi connectivity index (χ4n) is 2.90. The van der Waals surface area contributed by atoms with E-state index < -0.39 is 10.0 Å². The number of para-hydroxylation sites is 3. The predicted molar refractivity (Wildman–Crippen MR) is 101 cm³/mol. The molecule has 0 spiro atoms. The van der Waals surface area contributed by atoms with E-state index in [1.165, 1.54) is 9.21 Å². The molecule has 0 N–H and O–H groups in total. The van der Waals surface area contributed by atoms with Gasteiger partial charge >= 0.3 is 0 Å². The van der Waals surface area contributed by atoms with Crippen LogP contribution in [0, 0.1) is 0 Å². The Morgan fingerprint density at radius 1 is 1.12 bits per heavy atom. The van der Waals surface area contributed by atoms with E-state index in [4.69, 9.17) is 4.74 Å². The van der Waals surface area contributed by atoms with Crippen LogP contribution in [0.2, 0.25) is 0 Å². The van der Waals surface area contributed by atoms with Gasteiger partial charge in [-0.15, -0.1) is 0 Å². The largest absolute Gasteiger partial charge is 0.455 e. The molecular formula is C19H22N2O4S. The van der Waals surface area contributed by atoms with Crippen LogP contribution in [0.4, 0.5) is 5.69 Å². The van der Waals surface area contributed by atoms with E-state index in [0.29, 0.717) is 30.2 Å². The van der Waals surface area contributed by atoms with Crippen LogP contribution in [0.1, 0.15) is 12.8 Å². The van der Waals surface area contributed by atoms with Gasteiger partial charge in [0.1, 0.15) is 5.75 Å². The molecule has 3 rings (SSSR count). The highest BCUT2D eigenvalue weighted by atomic mass is 32.2. The molecule has 1 heterocycles. The van der Waals surface area contributed by atoms with E-state index in [1.807, 2.05) is 48.5 Å². The van der Waals surface area contributed by atoms with Crippen molar-refractivity contribution < 1.29 is 17.9 Å². The average molecular weight is 374 g/mol. The number of anilines is 1. The molecule has 0 radical (unpaired) electrons. The minimum absolute atomic E-state index is 0.134. The summed E-state index contributed by atoms with van der Waals surface area (Å²) in [6.45, 7) is 0.709. The molecule has 0 saturated carbocycles. The van der Waals surface area contributed by atoms with Gasteiger partial charge in [-0.05, 0) is 30.7 Å². The average Bonchev–Trinajstić information content (AvgIpc) is 2.98. The van der Waals surface area contributed by atoms with E-state index in [9.17, 15) is 13.2 Å². The van der Waals surface area contributed by atoms with Crippen molar-refractivity contribution in [2.45, 2.75) is 12.8 Å². The Hall–Kier alpha value is -2.38. The molecule has 0 bridgehead atoms. The molecule has 2 aromatic carbocycles. The van der Waals surface area contributed by atoms with Crippen LogP contribution in [-0.4, -0.2) is 44.5 Å². The van der Waals surface area contributed by atoms with Crippen molar-refractivity contribution in [2.75, 3.05) is 30.8 Å². The molecule has 2 aromatic rings. The monoisotopic (exact) mass is 374 g/mol. The zero-order chi connectivity index (χ0) is 18.6. The summed E-state index contributed by atoms with van der Waals surface area (Å²) in [5.41, 5.74) is 0.644. The van der Waals surface area contributed by atoms with Crippen LogP contribution in [0.3, 0.4) is 0 Å². The molecular weight excluding hydrogens is 352 g/mol. The minimum atomic E-state index is -3.18. The number of hydrogen-bond donors (Lipinski definition) is 0. The Labute approximate surface area is 154 Å². The molecule has 7 heteroatoms. The number of ether oxygens (including phenoxy) is 1. The lowest BCUT2D eigenvalue weighted by Crippen LogP contribution is -2.33. The van der Waals surface area contributed by atoms with Gasteiger partial charge in [0.2, 0.25) is 15.9 Å². The van der Waals surface area contributed by atoms with Crippen molar-refractivity contribution in [3.05, 3.63) is 54.6 Å². The summed E-state index contributed by atoms with van der Waals surface area (Å²) >= 11 is 0. The minimum Gasteiger partial charge on any atom is -0.455 e.